The van der Waals surface area contributed by atoms with E-state index in [0.29, 0.717) is 0 Å². The third-order valence-corrected chi connectivity index (χ3v) is 4.29. The maximum atomic E-state index is 3.52. The third-order valence-electron chi connectivity index (χ3n) is 4.29. The average molecular weight is 281 g/mol. The molecule has 0 heterocycles. The highest BCUT2D eigenvalue weighted by atomic mass is 14.2. The van der Waals surface area contributed by atoms with E-state index in [1.54, 1.807) is 0 Å². The van der Waals surface area contributed by atoms with Gasteiger partial charge in [-0.1, -0.05) is 73.7 Å². The zero-order valence-electron chi connectivity index (χ0n) is 12.6. The molecule has 0 saturated carbocycles. The topological polar surface area (TPSA) is 0 Å². The first-order valence-corrected chi connectivity index (χ1v) is 7.79. The Bertz CT molecular complexity index is 913. The van der Waals surface area contributed by atoms with Crippen LogP contribution in [0.5, 0.6) is 0 Å². The van der Waals surface area contributed by atoms with Crippen LogP contribution in [0.3, 0.4) is 0 Å². The summed E-state index contributed by atoms with van der Waals surface area (Å²) in [6, 6.07) is 29.5. The van der Waals surface area contributed by atoms with Crippen molar-refractivity contribution in [2.24, 2.45) is 0 Å². The Hall–Kier alpha value is -2.60. The molecule has 2 aliphatic carbocycles. The molecule has 0 fully saturated rings. The third kappa shape index (κ3) is 2.08. The van der Waals surface area contributed by atoms with E-state index in [1.165, 1.54) is 38.6 Å². The van der Waals surface area contributed by atoms with Gasteiger partial charge >= 0.3 is 0 Å². The van der Waals surface area contributed by atoms with Crippen molar-refractivity contribution in [2.45, 2.75) is 13.3 Å². The molecule has 105 valence electrons. The van der Waals surface area contributed by atoms with E-state index in [2.05, 4.69) is 85.8 Å². The first-order valence-electron chi connectivity index (χ1n) is 7.79. The minimum atomic E-state index is 1.02. The fraction of sp³-hybridized carbons (Fsp3) is 0.0909. The van der Waals surface area contributed by atoms with Gasteiger partial charge in [0.1, 0.15) is 0 Å². The predicted octanol–water partition coefficient (Wildman–Crippen LogP) is 5.97. The van der Waals surface area contributed by atoms with Gasteiger partial charge in [0.05, 0.1) is 0 Å². The lowest BCUT2D eigenvalue weighted by Gasteiger charge is -2.08. The van der Waals surface area contributed by atoms with E-state index in [0.717, 1.165) is 6.42 Å². The summed E-state index contributed by atoms with van der Waals surface area (Å²) in [5.74, 6) is 0. The van der Waals surface area contributed by atoms with Gasteiger partial charge in [0.25, 0.3) is 0 Å². The van der Waals surface area contributed by atoms with Gasteiger partial charge in [-0.3, -0.25) is 0 Å². The van der Waals surface area contributed by atoms with Gasteiger partial charge in [0, 0.05) is 0 Å². The number of benzene rings is 2. The summed E-state index contributed by atoms with van der Waals surface area (Å²) < 4.78 is 0. The van der Waals surface area contributed by atoms with Crippen LogP contribution in [0.2, 0.25) is 0 Å². The number of hydrogen-bond acceptors (Lipinski definition) is 0. The van der Waals surface area contributed by atoms with Gasteiger partial charge in [0.15, 0.2) is 0 Å². The summed E-state index contributed by atoms with van der Waals surface area (Å²) in [6.07, 6.45) is 1.02. The lowest BCUT2D eigenvalue weighted by molar-refractivity contribution is 1.15. The number of rotatable bonds is 2. The standard InChI is InChI=1S/C22H17/c1-2-16-14-18-9-4-6-12-21(22(18)15-16)20-13-7-10-17-8-3-5-11-19(17)20/h3-13,15H,2H2,1H3. The van der Waals surface area contributed by atoms with E-state index in [1.807, 2.05) is 0 Å². The van der Waals surface area contributed by atoms with Gasteiger partial charge in [-0.15, -0.1) is 0 Å². The van der Waals surface area contributed by atoms with Crippen LogP contribution < -0.4 is 0 Å². The van der Waals surface area contributed by atoms with Crippen LogP contribution in [0.15, 0.2) is 72.8 Å². The van der Waals surface area contributed by atoms with Crippen LogP contribution >= 0.6 is 0 Å². The second-order valence-corrected chi connectivity index (χ2v) is 5.63. The fourth-order valence-corrected chi connectivity index (χ4v) is 3.16. The van der Waals surface area contributed by atoms with Crippen LogP contribution in [0.1, 0.15) is 12.5 Å². The summed E-state index contributed by atoms with van der Waals surface area (Å²) in [6.45, 7) is 2.18. The quantitative estimate of drug-likeness (QED) is 0.424. The van der Waals surface area contributed by atoms with Crippen molar-refractivity contribution in [3.8, 4) is 22.3 Å². The lowest BCUT2D eigenvalue weighted by atomic mass is 9.95. The molecule has 0 atom stereocenters. The van der Waals surface area contributed by atoms with Crippen LogP contribution in [-0.2, 0) is 6.42 Å². The molecule has 0 aromatic heterocycles. The molecular formula is C22H17. The highest BCUT2D eigenvalue weighted by Gasteiger charge is 2.12. The zero-order chi connectivity index (χ0) is 14.9. The largest absolute Gasteiger partial charge is 0.0616 e. The predicted molar refractivity (Wildman–Crippen MR) is 94.2 cm³/mol. The first kappa shape index (κ1) is 13.1. The second kappa shape index (κ2) is 5.31. The minimum absolute atomic E-state index is 1.02. The highest BCUT2D eigenvalue weighted by molar-refractivity contribution is 6.00. The van der Waals surface area contributed by atoms with Gasteiger partial charge in [-0.25, -0.2) is 0 Å². The van der Waals surface area contributed by atoms with E-state index in [-0.39, 0.29) is 0 Å². The lowest BCUT2D eigenvalue weighted by Crippen LogP contribution is -1.82. The Kier molecular flexibility index (Phi) is 3.16. The molecule has 0 bridgehead atoms. The first-order chi connectivity index (χ1) is 10.9. The molecule has 1 radical (unpaired) electrons. The Morgan fingerprint density at radius 1 is 0.727 bits per heavy atom. The summed E-state index contributed by atoms with van der Waals surface area (Å²) >= 11 is 0. The van der Waals surface area contributed by atoms with Crippen LogP contribution in [-0.4, -0.2) is 0 Å². The Balaban J connectivity index is 2.05. The minimum Gasteiger partial charge on any atom is -0.0616 e. The monoisotopic (exact) mass is 281 g/mol. The molecule has 0 heteroatoms. The second-order valence-electron chi connectivity index (χ2n) is 5.63. The smallest absolute Gasteiger partial charge is 0.00640 e. The Morgan fingerprint density at radius 2 is 1.45 bits per heavy atom. The average Bonchev–Trinajstić information content (AvgIpc) is 2.88. The normalized spacial score (nSPS) is 11.1. The van der Waals surface area contributed by atoms with Crippen LogP contribution in [0.4, 0.5) is 0 Å². The van der Waals surface area contributed by atoms with E-state index in [9.17, 15) is 0 Å². The van der Waals surface area contributed by atoms with E-state index >= 15 is 0 Å². The maximum absolute atomic E-state index is 3.52. The molecule has 2 aromatic rings. The molecule has 2 aromatic carbocycles. The van der Waals surface area contributed by atoms with Gasteiger partial charge in [-0.2, -0.15) is 0 Å². The van der Waals surface area contributed by atoms with Crippen molar-refractivity contribution < 1.29 is 0 Å². The molecule has 22 heavy (non-hydrogen) atoms. The molecule has 2 aliphatic rings. The van der Waals surface area contributed by atoms with Crippen molar-refractivity contribution in [1.82, 2.24) is 0 Å². The molecule has 0 saturated heterocycles. The zero-order valence-corrected chi connectivity index (χ0v) is 12.6. The number of fused-ring (bicyclic) bond motifs is 2. The molecule has 0 nitrogen and oxygen atoms in total. The molecule has 0 aliphatic heterocycles. The Labute approximate surface area is 131 Å². The van der Waals surface area contributed by atoms with Crippen LogP contribution in [0.25, 0.3) is 33.0 Å². The van der Waals surface area contributed by atoms with Gasteiger partial charge < -0.3 is 0 Å². The molecular weight excluding hydrogens is 264 g/mol. The van der Waals surface area contributed by atoms with E-state index < -0.39 is 0 Å². The molecule has 0 N–H and O–H groups in total. The Morgan fingerprint density at radius 3 is 2.36 bits per heavy atom. The van der Waals surface area contributed by atoms with Crippen molar-refractivity contribution in [2.75, 3.05) is 0 Å². The van der Waals surface area contributed by atoms with Crippen molar-refractivity contribution >= 4 is 10.8 Å². The molecule has 0 unspecified atom stereocenters. The molecule has 4 rings (SSSR count). The molecule has 0 amide bonds. The highest BCUT2D eigenvalue weighted by Crippen LogP contribution is 2.37. The SMILES string of the molecule is CCc1[c]c2ccccc(-c3cccc4ccccc34)c-2c1. The van der Waals surface area contributed by atoms with Crippen LogP contribution in [0, 0.1) is 6.07 Å². The van der Waals surface area contributed by atoms with E-state index in [4.69, 9.17) is 0 Å². The van der Waals surface area contributed by atoms with Gasteiger partial charge in [0.2, 0.25) is 0 Å². The summed E-state index contributed by atoms with van der Waals surface area (Å²) in [4.78, 5) is 0. The van der Waals surface area contributed by atoms with Crippen molar-refractivity contribution in [1.29, 1.82) is 0 Å². The summed E-state index contributed by atoms with van der Waals surface area (Å²) in [5, 5.41) is 2.59. The summed E-state index contributed by atoms with van der Waals surface area (Å²) in [5.41, 5.74) is 6.35. The summed E-state index contributed by atoms with van der Waals surface area (Å²) in [7, 11) is 0. The number of hydrogen-bond donors (Lipinski definition) is 0. The van der Waals surface area contributed by atoms with Gasteiger partial charge in [-0.05, 0) is 57.1 Å². The van der Waals surface area contributed by atoms with Crippen molar-refractivity contribution in [3.05, 3.63) is 84.4 Å². The number of aryl methyl sites for hydroxylation is 1. The van der Waals surface area contributed by atoms with Crippen molar-refractivity contribution in [3.63, 3.8) is 0 Å². The fourth-order valence-electron chi connectivity index (χ4n) is 3.16. The maximum Gasteiger partial charge on any atom is -0.00640 e. The molecule has 0 spiro atoms.